The van der Waals surface area contributed by atoms with Crippen molar-refractivity contribution in [3.05, 3.63) is 34.2 Å². The summed E-state index contributed by atoms with van der Waals surface area (Å²) in [4.78, 5) is 5.02. The SMILES string of the molecule is CC.COc1ccc(-c2nc(C)sc2C#N)cc1. The van der Waals surface area contributed by atoms with Crippen LogP contribution in [0.15, 0.2) is 24.3 Å². The van der Waals surface area contributed by atoms with E-state index in [2.05, 4.69) is 11.1 Å². The molecule has 1 aromatic heterocycles. The molecule has 2 aromatic rings. The third-order valence-electron chi connectivity index (χ3n) is 2.20. The van der Waals surface area contributed by atoms with Crippen molar-refractivity contribution in [2.45, 2.75) is 20.8 Å². The molecule has 3 nitrogen and oxygen atoms in total. The fourth-order valence-corrected chi connectivity index (χ4v) is 2.19. The smallest absolute Gasteiger partial charge is 0.132 e. The molecule has 4 heteroatoms. The maximum atomic E-state index is 8.99. The van der Waals surface area contributed by atoms with Gasteiger partial charge in [-0.2, -0.15) is 5.26 Å². The average Bonchev–Trinajstić information content (AvgIpc) is 2.82. The van der Waals surface area contributed by atoms with E-state index in [1.165, 1.54) is 11.3 Å². The second-order valence-corrected chi connectivity index (χ2v) is 4.45. The maximum Gasteiger partial charge on any atom is 0.132 e. The van der Waals surface area contributed by atoms with Gasteiger partial charge in [0.2, 0.25) is 0 Å². The van der Waals surface area contributed by atoms with Crippen molar-refractivity contribution in [1.82, 2.24) is 4.98 Å². The van der Waals surface area contributed by atoms with Gasteiger partial charge >= 0.3 is 0 Å². The predicted octanol–water partition coefficient (Wildman–Crippen LogP) is 4.03. The minimum absolute atomic E-state index is 0.655. The highest BCUT2D eigenvalue weighted by atomic mass is 32.1. The first-order chi connectivity index (χ1) is 8.74. The molecule has 0 fully saturated rings. The first-order valence-corrected chi connectivity index (χ1v) is 6.58. The first-order valence-electron chi connectivity index (χ1n) is 5.76. The van der Waals surface area contributed by atoms with Crippen LogP contribution in [-0.4, -0.2) is 12.1 Å². The van der Waals surface area contributed by atoms with Crippen molar-refractivity contribution in [3.8, 4) is 23.1 Å². The Morgan fingerprint density at radius 2 is 1.83 bits per heavy atom. The first kappa shape index (κ1) is 14.2. The number of hydrogen-bond donors (Lipinski definition) is 0. The van der Waals surface area contributed by atoms with E-state index >= 15 is 0 Å². The minimum atomic E-state index is 0.655. The highest BCUT2D eigenvalue weighted by Gasteiger charge is 2.10. The molecule has 0 aliphatic rings. The summed E-state index contributed by atoms with van der Waals surface area (Å²) < 4.78 is 5.08. The largest absolute Gasteiger partial charge is 0.497 e. The molecule has 0 unspecified atom stereocenters. The molecule has 2 rings (SSSR count). The van der Waals surface area contributed by atoms with Gasteiger partial charge in [0, 0.05) is 5.56 Å². The van der Waals surface area contributed by atoms with Crippen LogP contribution in [0.1, 0.15) is 23.7 Å². The number of methoxy groups -OCH3 is 1. The summed E-state index contributed by atoms with van der Waals surface area (Å²) in [6, 6.07) is 9.72. The van der Waals surface area contributed by atoms with Crippen LogP contribution in [-0.2, 0) is 0 Å². The van der Waals surface area contributed by atoms with E-state index in [1.54, 1.807) is 7.11 Å². The number of ether oxygens (including phenoxy) is 1. The normalized spacial score (nSPS) is 9.06. The molecule has 0 bridgehead atoms. The van der Waals surface area contributed by atoms with E-state index in [4.69, 9.17) is 10.00 Å². The van der Waals surface area contributed by atoms with Gasteiger partial charge in [0.1, 0.15) is 16.7 Å². The molecule has 0 amide bonds. The lowest BCUT2D eigenvalue weighted by atomic mass is 10.1. The summed E-state index contributed by atoms with van der Waals surface area (Å²) in [6.07, 6.45) is 0. The number of thiazole rings is 1. The number of aryl methyl sites for hydroxylation is 1. The molecule has 0 saturated carbocycles. The van der Waals surface area contributed by atoms with Crippen molar-refractivity contribution < 1.29 is 4.74 Å². The topological polar surface area (TPSA) is 45.9 Å². The number of benzene rings is 1. The summed E-state index contributed by atoms with van der Waals surface area (Å²) in [7, 11) is 1.63. The summed E-state index contributed by atoms with van der Waals surface area (Å²) >= 11 is 1.42. The lowest BCUT2D eigenvalue weighted by molar-refractivity contribution is 0.415. The van der Waals surface area contributed by atoms with Gasteiger partial charge in [0.05, 0.1) is 17.8 Å². The van der Waals surface area contributed by atoms with Crippen molar-refractivity contribution in [2.24, 2.45) is 0 Å². The second kappa shape index (κ2) is 6.77. The fraction of sp³-hybridized carbons (Fsp3) is 0.286. The summed E-state index contributed by atoms with van der Waals surface area (Å²) in [5.74, 6) is 0.800. The number of nitriles is 1. The molecule has 0 aliphatic heterocycles. The lowest BCUT2D eigenvalue weighted by Crippen LogP contribution is -1.84. The van der Waals surface area contributed by atoms with Gasteiger partial charge < -0.3 is 4.74 Å². The number of aromatic nitrogens is 1. The fourth-order valence-electron chi connectivity index (χ4n) is 1.45. The quantitative estimate of drug-likeness (QED) is 0.819. The zero-order valence-electron chi connectivity index (χ0n) is 11.0. The van der Waals surface area contributed by atoms with Crippen molar-refractivity contribution >= 4 is 11.3 Å². The summed E-state index contributed by atoms with van der Waals surface area (Å²) in [5, 5.41) is 9.89. The zero-order valence-corrected chi connectivity index (χ0v) is 11.8. The molecule has 0 spiro atoms. The molecule has 1 aromatic carbocycles. The minimum Gasteiger partial charge on any atom is -0.497 e. The van der Waals surface area contributed by atoms with Crippen molar-refractivity contribution in [2.75, 3.05) is 7.11 Å². The van der Waals surface area contributed by atoms with Crippen LogP contribution in [0.4, 0.5) is 0 Å². The van der Waals surface area contributed by atoms with Crippen LogP contribution in [0.25, 0.3) is 11.3 Å². The standard InChI is InChI=1S/C12H10N2OS.C2H6/c1-8-14-12(11(7-13)16-8)9-3-5-10(15-2)6-4-9;1-2/h3-6H,1-2H3;1-2H3. The Morgan fingerprint density at radius 3 is 2.33 bits per heavy atom. The van der Waals surface area contributed by atoms with E-state index in [0.717, 1.165) is 22.0 Å². The van der Waals surface area contributed by atoms with Crippen LogP contribution in [0.5, 0.6) is 5.75 Å². The predicted molar refractivity (Wildman–Crippen MR) is 74.9 cm³/mol. The van der Waals surface area contributed by atoms with Gasteiger partial charge in [-0.3, -0.25) is 0 Å². The van der Waals surface area contributed by atoms with Gasteiger partial charge in [-0.05, 0) is 31.2 Å². The highest BCUT2D eigenvalue weighted by Crippen LogP contribution is 2.28. The molecule has 0 radical (unpaired) electrons. The monoisotopic (exact) mass is 260 g/mol. The molecule has 0 saturated heterocycles. The highest BCUT2D eigenvalue weighted by molar-refractivity contribution is 7.12. The zero-order chi connectivity index (χ0) is 13.5. The third-order valence-corrected chi connectivity index (χ3v) is 3.07. The Kier molecular flexibility index (Phi) is 5.34. The maximum absolute atomic E-state index is 8.99. The van der Waals surface area contributed by atoms with Crippen LogP contribution >= 0.6 is 11.3 Å². The van der Waals surface area contributed by atoms with Crippen LogP contribution < -0.4 is 4.74 Å². The Morgan fingerprint density at radius 1 is 1.22 bits per heavy atom. The van der Waals surface area contributed by atoms with E-state index in [1.807, 2.05) is 45.0 Å². The van der Waals surface area contributed by atoms with E-state index in [-0.39, 0.29) is 0 Å². The Balaban J connectivity index is 0.000000771. The van der Waals surface area contributed by atoms with Crippen LogP contribution in [0.2, 0.25) is 0 Å². The summed E-state index contributed by atoms with van der Waals surface area (Å²) in [5.41, 5.74) is 1.70. The molecule has 18 heavy (non-hydrogen) atoms. The number of nitrogens with zero attached hydrogens (tertiary/aromatic N) is 2. The van der Waals surface area contributed by atoms with E-state index < -0.39 is 0 Å². The van der Waals surface area contributed by atoms with Gasteiger partial charge in [-0.1, -0.05) is 13.8 Å². The van der Waals surface area contributed by atoms with Gasteiger partial charge in [-0.15, -0.1) is 11.3 Å². The average molecular weight is 260 g/mol. The Bertz CT molecular complexity index is 538. The van der Waals surface area contributed by atoms with Gasteiger partial charge in [0.15, 0.2) is 0 Å². The number of rotatable bonds is 2. The Labute approximate surface area is 112 Å². The second-order valence-electron chi connectivity index (χ2n) is 3.25. The lowest BCUT2D eigenvalue weighted by Gasteiger charge is -2.00. The molecule has 0 N–H and O–H groups in total. The van der Waals surface area contributed by atoms with Crippen LogP contribution in [0.3, 0.4) is 0 Å². The van der Waals surface area contributed by atoms with Crippen LogP contribution in [0, 0.1) is 18.3 Å². The summed E-state index contributed by atoms with van der Waals surface area (Å²) in [6.45, 7) is 5.90. The van der Waals surface area contributed by atoms with Crippen molar-refractivity contribution in [3.63, 3.8) is 0 Å². The molecule has 0 atom stereocenters. The van der Waals surface area contributed by atoms with E-state index in [0.29, 0.717) is 4.88 Å². The molecule has 0 aliphatic carbocycles. The van der Waals surface area contributed by atoms with Gasteiger partial charge in [0.25, 0.3) is 0 Å². The molecule has 1 heterocycles. The van der Waals surface area contributed by atoms with E-state index in [9.17, 15) is 0 Å². The number of hydrogen-bond acceptors (Lipinski definition) is 4. The van der Waals surface area contributed by atoms with Gasteiger partial charge in [-0.25, -0.2) is 4.98 Å². The van der Waals surface area contributed by atoms with Crippen molar-refractivity contribution in [1.29, 1.82) is 5.26 Å². The molecule has 94 valence electrons. The molecular formula is C14H16N2OS. The third kappa shape index (κ3) is 3.08. The molecular weight excluding hydrogens is 244 g/mol. The Hall–Kier alpha value is -1.86.